The molecule has 0 amide bonds. The molecule has 3 aromatic carbocycles. The minimum atomic E-state index is -0.368. The first kappa shape index (κ1) is 23.5. The third kappa shape index (κ3) is 5.44. The summed E-state index contributed by atoms with van der Waals surface area (Å²) in [5, 5.41) is 4.59. The Morgan fingerprint density at radius 3 is 2.44 bits per heavy atom. The van der Waals surface area contributed by atoms with E-state index in [4.69, 9.17) is 25.6 Å². The Balaban J connectivity index is 1.46. The van der Waals surface area contributed by atoms with Crippen LogP contribution in [0.4, 0.5) is 0 Å². The van der Waals surface area contributed by atoms with Gasteiger partial charge in [-0.15, -0.1) is 0 Å². The minimum Gasteiger partial charge on any atom is -0.468 e. The zero-order valence-corrected chi connectivity index (χ0v) is 19.8. The number of carbonyl (C=O) groups is 1. The summed E-state index contributed by atoms with van der Waals surface area (Å²) in [6.07, 6.45) is 0. The van der Waals surface area contributed by atoms with Crippen LogP contribution in [0.1, 0.15) is 12.5 Å². The summed E-state index contributed by atoms with van der Waals surface area (Å²) >= 11 is 6.52. The molecular formula is C26H24ClN3O4. The van der Waals surface area contributed by atoms with Gasteiger partial charge in [-0.05, 0) is 68.1 Å². The van der Waals surface area contributed by atoms with Crippen molar-refractivity contribution in [2.24, 2.45) is 0 Å². The van der Waals surface area contributed by atoms with Crippen LogP contribution >= 0.6 is 11.6 Å². The van der Waals surface area contributed by atoms with Crippen LogP contribution in [-0.4, -0.2) is 41.2 Å². The predicted octanol–water partition coefficient (Wildman–Crippen LogP) is 5.84. The van der Waals surface area contributed by atoms with Crippen molar-refractivity contribution >= 4 is 17.6 Å². The molecule has 0 aliphatic rings. The second-order valence-electron chi connectivity index (χ2n) is 7.79. The van der Waals surface area contributed by atoms with Crippen LogP contribution in [0.2, 0.25) is 5.02 Å². The minimum absolute atomic E-state index is 0.288. The zero-order valence-electron chi connectivity index (χ0n) is 19.1. The lowest BCUT2D eigenvalue weighted by atomic mass is 10.1. The number of carbonyl (C=O) groups excluding carboxylic acids is 1. The number of esters is 1. The first-order chi connectivity index (χ1) is 16.4. The summed E-state index contributed by atoms with van der Waals surface area (Å²) in [6, 6.07) is 22.2. The second kappa shape index (κ2) is 10.5. The van der Waals surface area contributed by atoms with Gasteiger partial charge in [0.25, 0.3) is 5.89 Å². The Kier molecular flexibility index (Phi) is 7.25. The van der Waals surface area contributed by atoms with Crippen molar-refractivity contribution in [1.82, 2.24) is 15.0 Å². The summed E-state index contributed by atoms with van der Waals surface area (Å²) in [7, 11) is 3.23. The average molecular weight is 478 g/mol. The van der Waals surface area contributed by atoms with E-state index in [2.05, 4.69) is 10.1 Å². The molecule has 1 aromatic heterocycles. The van der Waals surface area contributed by atoms with E-state index in [0.717, 1.165) is 16.9 Å². The maximum absolute atomic E-state index is 11.7. The fourth-order valence-electron chi connectivity index (χ4n) is 3.35. The maximum Gasteiger partial charge on any atom is 0.322 e. The van der Waals surface area contributed by atoms with E-state index >= 15 is 0 Å². The molecular weight excluding hydrogens is 454 g/mol. The molecule has 0 unspecified atom stereocenters. The van der Waals surface area contributed by atoms with Crippen molar-refractivity contribution in [2.45, 2.75) is 19.5 Å². The number of hydrogen-bond donors (Lipinski definition) is 0. The Hall–Kier alpha value is -3.68. The summed E-state index contributed by atoms with van der Waals surface area (Å²) in [4.78, 5) is 18.1. The van der Waals surface area contributed by atoms with Gasteiger partial charge in [-0.2, -0.15) is 4.98 Å². The molecule has 1 heterocycles. The van der Waals surface area contributed by atoms with Gasteiger partial charge in [0.15, 0.2) is 0 Å². The SMILES string of the molecule is COC(=O)[C@H](C)N(C)Cc1ccc(-c2noc(-c3ccc(Oc4ccccc4)cc3)n2)c(Cl)c1. The van der Waals surface area contributed by atoms with Crippen LogP contribution in [-0.2, 0) is 16.1 Å². The van der Waals surface area contributed by atoms with Gasteiger partial charge < -0.3 is 14.0 Å². The largest absolute Gasteiger partial charge is 0.468 e. The molecule has 0 N–H and O–H groups in total. The number of nitrogens with zero attached hydrogens (tertiary/aromatic N) is 3. The van der Waals surface area contributed by atoms with E-state index in [9.17, 15) is 4.79 Å². The standard InChI is InChI=1S/C26H24ClN3O4/c1-17(26(31)32-3)30(2)16-18-9-14-22(23(27)15-18)24-28-25(34-29-24)19-10-12-21(13-11-19)33-20-7-5-4-6-8-20/h4-15,17H,16H2,1-3H3/t17-/m0/s1. The highest BCUT2D eigenvalue weighted by molar-refractivity contribution is 6.33. The molecule has 0 saturated heterocycles. The van der Waals surface area contributed by atoms with Gasteiger partial charge in [-0.3, -0.25) is 9.69 Å². The third-order valence-electron chi connectivity index (χ3n) is 5.42. The highest BCUT2D eigenvalue weighted by Crippen LogP contribution is 2.30. The van der Waals surface area contributed by atoms with Gasteiger partial charge in [-0.1, -0.05) is 41.0 Å². The Bertz CT molecular complexity index is 1260. The van der Waals surface area contributed by atoms with Gasteiger partial charge in [0.1, 0.15) is 17.5 Å². The van der Waals surface area contributed by atoms with Crippen LogP contribution in [0.5, 0.6) is 11.5 Å². The molecule has 4 rings (SSSR count). The van der Waals surface area contributed by atoms with Crippen molar-refractivity contribution in [2.75, 3.05) is 14.2 Å². The molecule has 1 atom stereocenters. The van der Waals surface area contributed by atoms with E-state index in [1.807, 2.05) is 84.7 Å². The molecule has 0 radical (unpaired) electrons. The van der Waals surface area contributed by atoms with Crippen molar-refractivity contribution < 1.29 is 18.8 Å². The lowest BCUT2D eigenvalue weighted by Crippen LogP contribution is -2.36. The zero-order chi connectivity index (χ0) is 24.1. The number of likely N-dealkylation sites (N-methyl/N-ethyl adjacent to an activating group) is 1. The molecule has 4 aromatic rings. The Labute approximate surface area is 202 Å². The topological polar surface area (TPSA) is 77.7 Å². The normalized spacial score (nSPS) is 11.9. The van der Waals surface area contributed by atoms with Gasteiger partial charge in [0.2, 0.25) is 5.82 Å². The molecule has 0 bridgehead atoms. The number of ether oxygens (including phenoxy) is 2. The second-order valence-corrected chi connectivity index (χ2v) is 8.20. The fourth-order valence-corrected chi connectivity index (χ4v) is 3.64. The average Bonchev–Trinajstić information content (AvgIpc) is 3.34. The number of aromatic nitrogens is 2. The summed E-state index contributed by atoms with van der Waals surface area (Å²) in [6.45, 7) is 2.33. The van der Waals surface area contributed by atoms with E-state index in [1.165, 1.54) is 7.11 Å². The molecule has 7 nitrogen and oxygen atoms in total. The highest BCUT2D eigenvalue weighted by atomic mass is 35.5. The summed E-state index contributed by atoms with van der Waals surface area (Å²) < 4.78 is 16.1. The summed E-state index contributed by atoms with van der Waals surface area (Å²) in [5.74, 6) is 1.96. The number of hydrogen-bond acceptors (Lipinski definition) is 7. The number of benzene rings is 3. The van der Waals surface area contributed by atoms with Gasteiger partial charge in [0, 0.05) is 17.7 Å². The fraction of sp³-hybridized carbons (Fsp3) is 0.192. The molecule has 0 fully saturated rings. The van der Waals surface area contributed by atoms with Crippen LogP contribution in [0.25, 0.3) is 22.8 Å². The monoisotopic (exact) mass is 477 g/mol. The van der Waals surface area contributed by atoms with E-state index in [0.29, 0.717) is 34.6 Å². The first-order valence-electron chi connectivity index (χ1n) is 10.7. The Morgan fingerprint density at radius 1 is 1.06 bits per heavy atom. The molecule has 174 valence electrons. The van der Waals surface area contributed by atoms with Crippen LogP contribution in [0, 0.1) is 0 Å². The molecule has 34 heavy (non-hydrogen) atoms. The van der Waals surface area contributed by atoms with E-state index in [-0.39, 0.29) is 12.0 Å². The number of methoxy groups -OCH3 is 1. The summed E-state index contributed by atoms with van der Waals surface area (Å²) in [5.41, 5.74) is 2.38. The van der Waals surface area contributed by atoms with E-state index in [1.54, 1.807) is 6.92 Å². The quantitative estimate of drug-likeness (QED) is 0.295. The number of rotatable bonds is 8. The number of para-hydroxylation sites is 1. The smallest absolute Gasteiger partial charge is 0.322 e. The van der Waals surface area contributed by atoms with E-state index < -0.39 is 0 Å². The van der Waals surface area contributed by atoms with Crippen LogP contribution < -0.4 is 4.74 Å². The highest BCUT2D eigenvalue weighted by Gasteiger charge is 2.19. The number of halogens is 1. The molecule has 0 aliphatic heterocycles. The van der Waals surface area contributed by atoms with Crippen molar-refractivity contribution in [1.29, 1.82) is 0 Å². The third-order valence-corrected chi connectivity index (χ3v) is 5.73. The molecule has 0 aliphatic carbocycles. The molecule has 0 saturated carbocycles. The van der Waals surface area contributed by atoms with Crippen LogP contribution in [0.15, 0.2) is 77.3 Å². The van der Waals surface area contributed by atoms with Gasteiger partial charge >= 0.3 is 5.97 Å². The lowest BCUT2D eigenvalue weighted by molar-refractivity contribution is -0.145. The van der Waals surface area contributed by atoms with Crippen molar-refractivity contribution in [3.05, 3.63) is 83.4 Å². The maximum atomic E-state index is 11.7. The van der Waals surface area contributed by atoms with Gasteiger partial charge in [0.05, 0.1) is 12.1 Å². The van der Waals surface area contributed by atoms with Crippen molar-refractivity contribution in [3.63, 3.8) is 0 Å². The Morgan fingerprint density at radius 2 is 1.76 bits per heavy atom. The van der Waals surface area contributed by atoms with Crippen molar-refractivity contribution in [3.8, 4) is 34.3 Å². The lowest BCUT2D eigenvalue weighted by Gasteiger charge is -2.22. The predicted molar refractivity (Wildman–Crippen MR) is 130 cm³/mol. The molecule has 8 heteroatoms. The van der Waals surface area contributed by atoms with Crippen LogP contribution in [0.3, 0.4) is 0 Å². The van der Waals surface area contributed by atoms with Gasteiger partial charge in [-0.25, -0.2) is 0 Å². The first-order valence-corrected chi connectivity index (χ1v) is 11.1. The molecule has 0 spiro atoms.